The minimum Gasteiger partial charge on any atom is -0.385 e. The van der Waals surface area contributed by atoms with Gasteiger partial charge in [0.1, 0.15) is 0 Å². The van der Waals surface area contributed by atoms with Crippen LogP contribution in [0.15, 0.2) is 18.3 Å². The van der Waals surface area contributed by atoms with Gasteiger partial charge in [0.25, 0.3) is 0 Å². The van der Waals surface area contributed by atoms with Crippen LogP contribution in [0.4, 0.5) is 0 Å². The van der Waals surface area contributed by atoms with Crippen LogP contribution in [0.5, 0.6) is 0 Å². The van der Waals surface area contributed by atoms with Crippen molar-refractivity contribution in [3.05, 3.63) is 24.0 Å². The van der Waals surface area contributed by atoms with Crippen LogP contribution in [0, 0.1) is 0 Å². The molecule has 1 aromatic heterocycles. The lowest BCUT2D eigenvalue weighted by molar-refractivity contribution is 0.177. The molecule has 1 aliphatic heterocycles. The molecule has 120 valence electrons. The molecule has 21 heavy (non-hydrogen) atoms. The molecular formula is C14H25N3O3S. The van der Waals surface area contributed by atoms with Crippen molar-refractivity contribution in [1.82, 2.24) is 13.8 Å². The van der Waals surface area contributed by atoms with Crippen LogP contribution in [0.1, 0.15) is 12.1 Å². The van der Waals surface area contributed by atoms with Gasteiger partial charge in [-0.3, -0.25) is 4.90 Å². The van der Waals surface area contributed by atoms with E-state index in [0.717, 1.165) is 19.6 Å². The zero-order valence-electron chi connectivity index (χ0n) is 12.9. The first-order valence-corrected chi connectivity index (χ1v) is 8.93. The minimum atomic E-state index is -3.13. The summed E-state index contributed by atoms with van der Waals surface area (Å²) in [5.41, 5.74) is 1.26. The average molecular weight is 315 g/mol. The summed E-state index contributed by atoms with van der Waals surface area (Å²) in [4.78, 5) is 2.30. The number of nitrogens with zero attached hydrogens (tertiary/aromatic N) is 3. The van der Waals surface area contributed by atoms with Gasteiger partial charge in [-0.1, -0.05) is 0 Å². The molecule has 2 rings (SSSR count). The van der Waals surface area contributed by atoms with Crippen molar-refractivity contribution >= 4 is 10.0 Å². The lowest BCUT2D eigenvalue weighted by atomic mass is 10.3. The topological polar surface area (TPSA) is 54.8 Å². The van der Waals surface area contributed by atoms with Crippen molar-refractivity contribution in [3.8, 4) is 0 Å². The van der Waals surface area contributed by atoms with Gasteiger partial charge < -0.3 is 9.30 Å². The van der Waals surface area contributed by atoms with Crippen molar-refractivity contribution in [2.75, 3.05) is 45.6 Å². The van der Waals surface area contributed by atoms with Crippen molar-refractivity contribution < 1.29 is 13.2 Å². The highest BCUT2D eigenvalue weighted by Gasteiger charge is 2.26. The fourth-order valence-electron chi connectivity index (χ4n) is 2.57. The van der Waals surface area contributed by atoms with Gasteiger partial charge in [0.05, 0.1) is 5.75 Å². The number of hydrogen-bond donors (Lipinski definition) is 0. The average Bonchev–Trinajstić information content (AvgIpc) is 2.85. The van der Waals surface area contributed by atoms with E-state index in [1.807, 2.05) is 19.3 Å². The smallest absolute Gasteiger partial charge is 0.214 e. The number of aromatic nitrogens is 1. The number of aryl methyl sites for hydroxylation is 1. The Hall–Kier alpha value is -0.890. The van der Waals surface area contributed by atoms with Gasteiger partial charge in [-0.25, -0.2) is 8.42 Å². The highest BCUT2D eigenvalue weighted by Crippen LogP contribution is 2.12. The molecule has 0 atom stereocenters. The van der Waals surface area contributed by atoms with Crippen LogP contribution >= 0.6 is 0 Å². The van der Waals surface area contributed by atoms with Gasteiger partial charge in [0, 0.05) is 65.4 Å². The maximum Gasteiger partial charge on any atom is 0.214 e. The first kappa shape index (κ1) is 16.5. The summed E-state index contributed by atoms with van der Waals surface area (Å²) < 4.78 is 33.0. The highest BCUT2D eigenvalue weighted by molar-refractivity contribution is 7.89. The summed E-state index contributed by atoms with van der Waals surface area (Å²) in [5, 5.41) is 0. The monoisotopic (exact) mass is 315 g/mol. The SMILES string of the molecule is COCCCS(=O)(=O)N1CCN(Cc2cccn2C)CC1. The largest absolute Gasteiger partial charge is 0.385 e. The summed E-state index contributed by atoms with van der Waals surface area (Å²) in [7, 11) is 0.498. The van der Waals surface area contributed by atoms with E-state index in [-0.39, 0.29) is 5.75 Å². The summed E-state index contributed by atoms with van der Waals surface area (Å²) >= 11 is 0. The van der Waals surface area contributed by atoms with E-state index in [9.17, 15) is 8.42 Å². The standard InChI is InChI=1S/C14H25N3O3S/c1-15-6-3-5-14(15)13-16-7-9-17(10-8-16)21(18,19)12-4-11-20-2/h3,5-6H,4,7-13H2,1-2H3. The predicted molar refractivity (Wildman–Crippen MR) is 82.5 cm³/mol. The number of methoxy groups -OCH3 is 1. The molecule has 0 aromatic carbocycles. The van der Waals surface area contributed by atoms with Crippen LogP contribution in [0.2, 0.25) is 0 Å². The van der Waals surface area contributed by atoms with Crippen molar-refractivity contribution in [2.24, 2.45) is 7.05 Å². The quantitative estimate of drug-likeness (QED) is 0.688. The fraction of sp³-hybridized carbons (Fsp3) is 0.714. The molecule has 0 saturated carbocycles. The molecule has 0 spiro atoms. The van der Waals surface area contributed by atoms with E-state index < -0.39 is 10.0 Å². The van der Waals surface area contributed by atoms with E-state index in [0.29, 0.717) is 26.1 Å². The van der Waals surface area contributed by atoms with Crippen LogP contribution in [-0.4, -0.2) is 67.8 Å². The Balaban J connectivity index is 1.81. The lowest BCUT2D eigenvalue weighted by Crippen LogP contribution is -2.49. The van der Waals surface area contributed by atoms with Crippen LogP contribution < -0.4 is 0 Å². The van der Waals surface area contributed by atoms with Gasteiger partial charge in [-0.05, 0) is 18.6 Å². The van der Waals surface area contributed by atoms with E-state index in [1.165, 1.54) is 5.69 Å². The molecule has 0 unspecified atom stereocenters. The molecule has 7 heteroatoms. The summed E-state index contributed by atoms with van der Waals surface area (Å²) in [6, 6.07) is 4.14. The molecule has 0 amide bonds. The summed E-state index contributed by atoms with van der Waals surface area (Å²) in [5.74, 6) is 0.179. The summed E-state index contributed by atoms with van der Waals surface area (Å²) in [6.45, 7) is 4.11. The van der Waals surface area contributed by atoms with Crippen LogP contribution in [0.3, 0.4) is 0 Å². The zero-order chi connectivity index (χ0) is 15.3. The molecule has 0 bridgehead atoms. The molecular weight excluding hydrogens is 290 g/mol. The number of sulfonamides is 1. The third kappa shape index (κ3) is 4.54. The predicted octanol–water partition coefficient (Wildman–Crippen LogP) is 0.509. The first-order valence-electron chi connectivity index (χ1n) is 7.32. The number of piperazine rings is 1. The Morgan fingerprint density at radius 3 is 2.52 bits per heavy atom. The van der Waals surface area contributed by atoms with Crippen LogP contribution in [-0.2, 0) is 28.4 Å². The number of ether oxygens (including phenoxy) is 1. The molecule has 1 aliphatic rings. The van der Waals surface area contributed by atoms with Gasteiger partial charge >= 0.3 is 0 Å². The van der Waals surface area contributed by atoms with Gasteiger partial charge in [-0.15, -0.1) is 0 Å². The molecule has 1 fully saturated rings. The van der Waals surface area contributed by atoms with Crippen LogP contribution in [0.25, 0.3) is 0 Å². The molecule has 0 aliphatic carbocycles. The number of hydrogen-bond acceptors (Lipinski definition) is 4. The first-order chi connectivity index (χ1) is 10.0. The van der Waals surface area contributed by atoms with Gasteiger partial charge in [0.2, 0.25) is 10.0 Å². The Morgan fingerprint density at radius 2 is 1.95 bits per heavy atom. The van der Waals surface area contributed by atoms with E-state index >= 15 is 0 Å². The Bertz CT molecular complexity index is 533. The Kier molecular flexibility index (Phi) is 5.80. The number of rotatable bonds is 7. The molecule has 2 heterocycles. The molecule has 6 nitrogen and oxygen atoms in total. The molecule has 1 aromatic rings. The van der Waals surface area contributed by atoms with E-state index in [4.69, 9.17) is 4.74 Å². The summed E-state index contributed by atoms with van der Waals surface area (Å²) in [6.07, 6.45) is 2.59. The molecule has 0 radical (unpaired) electrons. The molecule has 0 N–H and O–H groups in total. The van der Waals surface area contributed by atoms with Crippen molar-refractivity contribution in [3.63, 3.8) is 0 Å². The van der Waals surface area contributed by atoms with Gasteiger partial charge in [0.15, 0.2) is 0 Å². The second-order valence-electron chi connectivity index (χ2n) is 5.45. The normalized spacial score (nSPS) is 18.2. The third-order valence-electron chi connectivity index (χ3n) is 3.91. The Labute approximate surface area is 127 Å². The lowest BCUT2D eigenvalue weighted by Gasteiger charge is -2.34. The third-order valence-corrected chi connectivity index (χ3v) is 5.87. The minimum absolute atomic E-state index is 0.179. The second-order valence-corrected chi connectivity index (χ2v) is 7.54. The van der Waals surface area contributed by atoms with E-state index in [2.05, 4.69) is 15.5 Å². The second kappa shape index (κ2) is 7.40. The van der Waals surface area contributed by atoms with E-state index in [1.54, 1.807) is 11.4 Å². The maximum atomic E-state index is 12.2. The Morgan fingerprint density at radius 1 is 1.24 bits per heavy atom. The fourth-order valence-corrected chi connectivity index (χ4v) is 4.03. The van der Waals surface area contributed by atoms with Gasteiger partial charge in [-0.2, -0.15) is 4.31 Å². The zero-order valence-corrected chi connectivity index (χ0v) is 13.7. The molecule has 1 saturated heterocycles. The van der Waals surface area contributed by atoms with Crippen molar-refractivity contribution in [1.29, 1.82) is 0 Å². The maximum absolute atomic E-state index is 12.2. The highest BCUT2D eigenvalue weighted by atomic mass is 32.2. The van der Waals surface area contributed by atoms with Crippen molar-refractivity contribution in [2.45, 2.75) is 13.0 Å².